The molecule has 12 aromatic rings. The summed E-state index contributed by atoms with van der Waals surface area (Å²) in [6, 6.07) is 84.3. The largest absolute Gasteiger partial charge is 0.310 e. The van der Waals surface area contributed by atoms with Crippen molar-refractivity contribution in [3.05, 3.63) is 231 Å². The highest BCUT2D eigenvalue weighted by Gasteiger charge is 2.19. The van der Waals surface area contributed by atoms with Crippen molar-refractivity contribution in [1.29, 1.82) is 0 Å². The zero-order valence-corrected chi connectivity index (χ0v) is 32.8. The van der Waals surface area contributed by atoms with E-state index in [0.717, 1.165) is 22.7 Å². The van der Waals surface area contributed by atoms with Gasteiger partial charge in [-0.25, -0.2) is 0 Å². The minimum absolute atomic E-state index is 1.10. The number of fused-ring (bicyclic) bond motifs is 9. The Bertz CT molecular complexity index is 3600. The van der Waals surface area contributed by atoms with Gasteiger partial charge in [-0.15, -0.1) is 0 Å². The van der Waals surface area contributed by atoms with Gasteiger partial charge < -0.3 is 9.47 Å². The van der Waals surface area contributed by atoms with Crippen molar-refractivity contribution in [3.63, 3.8) is 0 Å². The van der Waals surface area contributed by atoms with Crippen LogP contribution in [0.25, 0.3) is 92.8 Å². The maximum atomic E-state index is 2.41. The van der Waals surface area contributed by atoms with Crippen LogP contribution < -0.4 is 4.90 Å². The van der Waals surface area contributed by atoms with Crippen LogP contribution in [-0.2, 0) is 0 Å². The van der Waals surface area contributed by atoms with Crippen LogP contribution in [0.5, 0.6) is 0 Å². The van der Waals surface area contributed by atoms with Crippen molar-refractivity contribution in [2.45, 2.75) is 0 Å². The zero-order valence-electron chi connectivity index (χ0n) is 32.8. The van der Waals surface area contributed by atoms with Crippen molar-refractivity contribution >= 4 is 82.0 Å². The summed E-state index contributed by atoms with van der Waals surface area (Å²) in [4.78, 5) is 2.41. The molecule has 2 heteroatoms. The summed E-state index contributed by atoms with van der Waals surface area (Å²) < 4.78 is 2.39. The van der Waals surface area contributed by atoms with Crippen molar-refractivity contribution in [2.75, 3.05) is 4.90 Å². The smallest absolute Gasteiger partial charge is 0.0547 e. The van der Waals surface area contributed by atoms with Crippen LogP contribution in [0, 0.1) is 0 Å². The van der Waals surface area contributed by atoms with Gasteiger partial charge in [0.25, 0.3) is 0 Å². The minimum Gasteiger partial charge on any atom is -0.310 e. The second-order valence-corrected chi connectivity index (χ2v) is 15.7. The Kier molecular flexibility index (Phi) is 7.89. The molecule has 0 aliphatic heterocycles. The summed E-state index contributed by atoms with van der Waals surface area (Å²) in [6.45, 7) is 0. The fourth-order valence-electron chi connectivity index (χ4n) is 9.60. The molecule has 0 fully saturated rings. The van der Waals surface area contributed by atoms with Crippen molar-refractivity contribution < 1.29 is 0 Å². The molecule has 0 radical (unpaired) electrons. The molecular formula is C58H38N2. The van der Waals surface area contributed by atoms with Crippen molar-refractivity contribution in [1.82, 2.24) is 4.57 Å². The van der Waals surface area contributed by atoms with Gasteiger partial charge in [0.2, 0.25) is 0 Å². The van der Waals surface area contributed by atoms with Crippen molar-refractivity contribution in [3.8, 4) is 27.9 Å². The highest BCUT2D eigenvalue weighted by Crippen LogP contribution is 2.43. The monoisotopic (exact) mass is 762 g/mol. The third-order valence-corrected chi connectivity index (χ3v) is 12.3. The number of para-hydroxylation sites is 2. The first-order chi connectivity index (χ1) is 29.8. The predicted molar refractivity (Wildman–Crippen MR) is 256 cm³/mol. The van der Waals surface area contributed by atoms with Crippen LogP contribution >= 0.6 is 0 Å². The van der Waals surface area contributed by atoms with E-state index < -0.39 is 0 Å². The molecule has 0 unspecified atom stereocenters. The molecule has 0 aliphatic carbocycles. The molecule has 0 atom stereocenters. The Morgan fingerprint density at radius 3 is 1.68 bits per heavy atom. The van der Waals surface area contributed by atoms with E-state index in [-0.39, 0.29) is 0 Å². The van der Waals surface area contributed by atoms with Crippen LogP contribution in [0.15, 0.2) is 231 Å². The lowest BCUT2D eigenvalue weighted by Gasteiger charge is -2.27. The molecule has 2 nitrogen and oxygen atoms in total. The fraction of sp³-hybridized carbons (Fsp3) is 0. The summed E-state index contributed by atoms with van der Waals surface area (Å²) in [6.07, 6.45) is 0. The van der Waals surface area contributed by atoms with Gasteiger partial charge in [0.05, 0.1) is 11.0 Å². The van der Waals surface area contributed by atoms with Crippen LogP contribution in [0.2, 0.25) is 0 Å². The highest BCUT2D eigenvalue weighted by molar-refractivity contribution is 6.16. The molecule has 12 rings (SSSR count). The Morgan fingerprint density at radius 2 is 0.850 bits per heavy atom. The summed E-state index contributed by atoms with van der Waals surface area (Å²) in [5, 5.41) is 12.6. The maximum Gasteiger partial charge on any atom is 0.0547 e. The van der Waals surface area contributed by atoms with Crippen LogP contribution in [0.1, 0.15) is 0 Å². The average molecular weight is 763 g/mol. The molecule has 11 aromatic carbocycles. The number of rotatable bonds is 6. The highest BCUT2D eigenvalue weighted by atomic mass is 15.1. The van der Waals surface area contributed by atoms with E-state index in [9.17, 15) is 0 Å². The normalized spacial score (nSPS) is 11.7. The molecule has 60 heavy (non-hydrogen) atoms. The van der Waals surface area contributed by atoms with Gasteiger partial charge in [-0.05, 0) is 126 Å². The van der Waals surface area contributed by atoms with E-state index in [1.807, 2.05) is 0 Å². The van der Waals surface area contributed by atoms with E-state index in [4.69, 9.17) is 0 Å². The van der Waals surface area contributed by atoms with E-state index >= 15 is 0 Å². The molecule has 1 aromatic heterocycles. The SMILES string of the molecule is c1ccc(-n2c3ccccc3c3c(-c4cccc(N(c5ccc(-c6cccc7c6ccc6ccccc67)cc5)c5ccc6c(ccc7ccccc76)c5)c4)cccc32)cc1. The summed E-state index contributed by atoms with van der Waals surface area (Å²) in [5.74, 6) is 0. The lowest BCUT2D eigenvalue weighted by Crippen LogP contribution is -2.10. The number of hydrogen-bond donors (Lipinski definition) is 0. The Balaban J connectivity index is 1.03. The molecular weight excluding hydrogens is 725 g/mol. The number of nitrogens with zero attached hydrogens (tertiary/aromatic N) is 2. The van der Waals surface area contributed by atoms with Gasteiger partial charge in [-0.3, -0.25) is 0 Å². The summed E-state index contributed by atoms with van der Waals surface area (Å²) in [5.41, 5.74) is 11.7. The van der Waals surface area contributed by atoms with Gasteiger partial charge in [0.15, 0.2) is 0 Å². The van der Waals surface area contributed by atoms with E-state index in [1.54, 1.807) is 0 Å². The van der Waals surface area contributed by atoms with Crippen LogP contribution in [0.3, 0.4) is 0 Å². The van der Waals surface area contributed by atoms with Crippen LogP contribution in [-0.4, -0.2) is 4.57 Å². The molecule has 0 N–H and O–H groups in total. The second-order valence-electron chi connectivity index (χ2n) is 15.7. The standard InChI is InChI=1S/C58H38N2/c1-2-16-44(17-3-1)60-56-25-9-8-21-55(56)58-52(23-12-26-57(58)60)42-15-10-18-46(37-42)59(47-34-36-51-43(38-47)28-27-39-13-4-6-19-48(39)51)45-32-29-41(30-33-45)50-22-11-24-53-49-20-7-5-14-40(49)31-35-54(50)53/h1-38H. The first-order valence-corrected chi connectivity index (χ1v) is 20.7. The lowest BCUT2D eigenvalue weighted by molar-refractivity contribution is 1.18. The van der Waals surface area contributed by atoms with Gasteiger partial charge in [0.1, 0.15) is 0 Å². The summed E-state index contributed by atoms with van der Waals surface area (Å²) in [7, 11) is 0. The topological polar surface area (TPSA) is 8.17 Å². The molecule has 0 spiro atoms. The Hall–Kier alpha value is -7.94. The zero-order chi connectivity index (χ0) is 39.6. The number of hydrogen-bond acceptors (Lipinski definition) is 1. The first kappa shape index (κ1) is 34.1. The fourth-order valence-corrected chi connectivity index (χ4v) is 9.60. The lowest BCUT2D eigenvalue weighted by atomic mass is 9.94. The second kappa shape index (κ2) is 13.9. The molecule has 280 valence electrons. The van der Waals surface area contributed by atoms with E-state index in [2.05, 4.69) is 240 Å². The first-order valence-electron chi connectivity index (χ1n) is 20.7. The number of anilines is 3. The quantitative estimate of drug-likeness (QED) is 0.153. The minimum atomic E-state index is 1.10. The number of aromatic nitrogens is 1. The number of benzene rings is 11. The molecule has 0 amide bonds. The van der Waals surface area contributed by atoms with Gasteiger partial charge in [0, 0.05) is 33.5 Å². The predicted octanol–water partition coefficient (Wildman–Crippen LogP) is 16.2. The van der Waals surface area contributed by atoms with E-state index in [0.29, 0.717) is 0 Å². The average Bonchev–Trinajstić information content (AvgIpc) is 3.66. The van der Waals surface area contributed by atoms with E-state index in [1.165, 1.54) is 87.1 Å². The molecule has 0 bridgehead atoms. The molecule has 0 aliphatic rings. The molecule has 0 saturated heterocycles. The Labute approximate surface area is 348 Å². The maximum absolute atomic E-state index is 2.41. The molecule has 0 saturated carbocycles. The van der Waals surface area contributed by atoms with Gasteiger partial charge in [-0.1, -0.05) is 170 Å². The third-order valence-electron chi connectivity index (χ3n) is 12.3. The van der Waals surface area contributed by atoms with Crippen molar-refractivity contribution in [2.24, 2.45) is 0 Å². The van der Waals surface area contributed by atoms with Crippen LogP contribution in [0.4, 0.5) is 17.1 Å². The molecule has 1 heterocycles. The van der Waals surface area contributed by atoms with Gasteiger partial charge >= 0.3 is 0 Å². The van der Waals surface area contributed by atoms with Gasteiger partial charge in [-0.2, -0.15) is 0 Å². The third kappa shape index (κ3) is 5.50. The summed E-state index contributed by atoms with van der Waals surface area (Å²) >= 11 is 0. The Morgan fingerprint density at radius 1 is 0.283 bits per heavy atom.